The van der Waals surface area contributed by atoms with Gasteiger partial charge in [0.2, 0.25) is 0 Å². The van der Waals surface area contributed by atoms with Crippen LogP contribution in [0.3, 0.4) is 0 Å². The lowest BCUT2D eigenvalue weighted by molar-refractivity contribution is -0.00525. The number of hydrogen-bond acceptors (Lipinski definition) is 4. The van der Waals surface area contributed by atoms with Crippen LogP contribution in [0.25, 0.3) is 22.8 Å². The molecule has 0 unspecified atom stereocenters. The number of aromatic nitrogens is 4. The van der Waals surface area contributed by atoms with Crippen LogP contribution in [0, 0.1) is 5.92 Å². The average Bonchev–Trinajstić information content (AvgIpc) is 3.36. The van der Waals surface area contributed by atoms with Crippen molar-refractivity contribution in [2.45, 2.75) is 25.0 Å². The number of imidazole rings is 2. The number of benzene rings is 1. The molecular formula is C19H20N4O2. The molecule has 6 nitrogen and oxygen atoms in total. The fourth-order valence-corrected chi connectivity index (χ4v) is 4.09. The van der Waals surface area contributed by atoms with E-state index in [2.05, 4.69) is 14.5 Å². The van der Waals surface area contributed by atoms with Gasteiger partial charge in [0, 0.05) is 36.5 Å². The van der Waals surface area contributed by atoms with Crippen LogP contribution in [0.5, 0.6) is 5.75 Å². The third kappa shape index (κ3) is 2.28. The van der Waals surface area contributed by atoms with Gasteiger partial charge in [-0.2, -0.15) is 0 Å². The van der Waals surface area contributed by atoms with E-state index in [1.807, 2.05) is 36.8 Å². The third-order valence-corrected chi connectivity index (χ3v) is 5.47. The summed E-state index contributed by atoms with van der Waals surface area (Å²) in [6.45, 7) is 0.877. The highest BCUT2D eigenvalue weighted by atomic mass is 16.5. The second kappa shape index (κ2) is 5.74. The van der Waals surface area contributed by atoms with Crippen molar-refractivity contribution in [3.05, 3.63) is 43.0 Å². The van der Waals surface area contributed by atoms with Crippen LogP contribution in [0.2, 0.25) is 0 Å². The first kappa shape index (κ1) is 14.7. The molecule has 0 bridgehead atoms. The zero-order valence-electron chi connectivity index (χ0n) is 14.1. The number of fused-ring (bicyclic) bond motifs is 1. The quantitative estimate of drug-likeness (QED) is 0.794. The van der Waals surface area contributed by atoms with Gasteiger partial charge in [0.15, 0.2) is 5.82 Å². The summed E-state index contributed by atoms with van der Waals surface area (Å²) < 4.78 is 13.3. The molecule has 1 N–H and O–H groups in total. The van der Waals surface area contributed by atoms with Crippen LogP contribution >= 0.6 is 0 Å². The van der Waals surface area contributed by atoms with E-state index in [9.17, 15) is 0 Å². The molecule has 5 rings (SSSR count). The largest absolute Gasteiger partial charge is 0.497 e. The fourth-order valence-electron chi connectivity index (χ4n) is 4.09. The number of ether oxygens (including phenoxy) is 2. The lowest BCUT2D eigenvalue weighted by Gasteiger charge is -2.40. The van der Waals surface area contributed by atoms with Crippen LogP contribution < -0.4 is 4.74 Å². The number of hydrogen-bond donors (Lipinski definition) is 1. The predicted octanol–water partition coefficient (Wildman–Crippen LogP) is 3.30. The standard InChI is InChI=1S/C19H20N4O2/c1-24-13-4-2-12(3-5-13)17-18(19-20-7-8-21-19)23(11-22-17)15-10-16-14(15)6-9-25-16/h2-5,7-8,11,14-16H,6,9-10H2,1H3,(H,20,21)/t14-,15+,16+/m0/s1. The lowest BCUT2D eigenvalue weighted by Crippen LogP contribution is -2.39. The first-order chi connectivity index (χ1) is 12.3. The summed E-state index contributed by atoms with van der Waals surface area (Å²) in [6.07, 6.45) is 8.19. The molecular weight excluding hydrogens is 316 g/mol. The Morgan fingerprint density at radius 2 is 2.12 bits per heavy atom. The molecule has 2 aliphatic rings. The van der Waals surface area contributed by atoms with E-state index in [-0.39, 0.29) is 0 Å². The Bertz CT molecular complexity index is 869. The molecule has 2 aromatic heterocycles. The molecule has 25 heavy (non-hydrogen) atoms. The molecule has 1 aliphatic carbocycles. The van der Waals surface area contributed by atoms with Crippen LogP contribution in [0.15, 0.2) is 43.0 Å². The minimum Gasteiger partial charge on any atom is -0.497 e. The van der Waals surface area contributed by atoms with Gasteiger partial charge in [-0.1, -0.05) is 0 Å². The van der Waals surface area contributed by atoms with Crippen molar-refractivity contribution in [3.8, 4) is 28.5 Å². The minimum absolute atomic E-state index is 0.418. The Hall–Kier alpha value is -2.60. The molecule has 0 radical (unpaired) electrons. The molecule has 6 heteroatoms. The van der Waals surface area contributed by atoms with E-state index in [1.54, 1.807) is 13.3 Å². The average molecular weight is 336 g/mol. The van der Waals surface area contributed by atoms with E-state index in [4.69, 9.17) is 14.5 Å². The van der Waals surface area contributed by atoms with E-state index in [0.717, 1.165) is 48.0 Å². The van der Waals surface area contributed by atoms with E-state index < -0.39 is 0 Å². The monoisotopic (exact) mass is 336 g/mol. The zero-order chi connectivity index (χ0) is 16.8. The van der Waals surface area contributed by atoms with Crippen molar-refractivity contribution in [3.63, 3.8) is 0 Å². The number of aromatic amines is 1. The molecule has 128 valence electrons. The Morgan fingerprint density at radius 3 is 2.84 bits per heavy atom. The highest BCUT2D eigenvalue weighted by molar-refractivity contribution is 5.75. The van der Waals surface area contributed by atoms with Gasteiger partial charge in [0.25, 0.3) is 0 Å². The van der Waals surface area contributed by atoms with Crippen molar-refractivity contribution in [1.82, 2.24) is 19.5 Å². The Labute approximate surface area is 145 Å². The van der Waals surface area contributed by atoms with Gasteiger partial charge in [-0.25, -0.2) is 9.97 Å². The molecule has 3 aromatic rings. The van der Waals surface area contributed by atoms with Crippen molar-refractivity contribution in [2.75, 3.05) is 13.7 Å². The Morgan fingerprint density at radius 1 is 1.24 bits per heavy atom. The van der Waals surface area contributed by atoms with Crippen molar-refractivity contribution in [2.24, 2.45) is 5.92 Å². The highest BCUT2D eigenvalue weighted by Crippen LogP contribution is 2.49. The van der Waals surface area contributed by atoms with Gasteiger partial charge < -0.3 is 19.0 Å². The maximum absolute atomic E-state index is 5.78. The summed E-state index contributed by atoms with van der Waals surface area (Å²) >= 11 is 0. The molecule has 1 aliphatic heterocycles. The molecule has 0 amide bonds. The molecule has 1 saturated carbocycles. The number of rotatable bonds is 4. The maximum atomic E-state index is 5.78. The van der Waals surface area contributed by atoms with Gasteiger partial charge in [-0.05, 0) is 37.1 Å². The molecule has 0 spiro atoms. The van der Waals surface area contributed by atoms with Gasteiger partial charge in [-0.15, -0.1) is 0 Å². The Balaban J connectivity index is 1.59. The number of nitrogens with zero attached hydrogens (tertiary/aromatic N) is 3. The summed E-state index contributed by atoms with van der Waals surface area (Å²) in [5, 5.41) is 0. The summed E-state index contributed by atoms with van der Waals surface area (Å²) in [5.74, 6) is 2.28. The van der Waals surface area contributed by atoms with Crippen LogP contribution in [0.4, 0.5) is 0 Å². The lowest BCUT2D eigenvalue weighted by atomic mass is 9.76. The summed E-state index contributed by atoms with van der Waals surface area (Å²) in [5.41, 5.74) is 3.05. The summed E-state index contributed by atoms with van der Waals surface area (Å²) in [7, 11) is 1.68. The maximum Gasteiger partial charge on any atom is 0.156 e. The normalized spacial score (nSPS) is 24.8. The minimum atomic E-state index is 0.418. The first-order valence-electron chi connectivity index (χ1n) is 8.68. The summed E-state index contributed by atoms with van der Waals surface area (Å²) in [6, 6.07) is 8.45. The zero-order valence-corrected chi connectivity index (χ0v) is 14.1. The van der Waals surface area contributed by atoms with E-state index in [1.165, 1.54) is 0 Å². The topological polar surface area (TPSA) is 65.0 Å². The second-order valence-corrected chi connectivity index (χ2v) is 6.68. The number of H-pyrrole nitrogens is 1. The van der Waals surface area contributed by atoms with E-state index in [0.29, 0.717) is 18.1 Å². The highest BCUT2D eigenvalue weighted by Gasteiger charge is 2.47. The molecule has 3 atom stereocenters. The molecule has 1 aromatic carbocycles. The van der Waals surface area contributed by atoms with Crippen LogP contribution in [-0.4, -0.2) is 39.3 Å². The van der Waals surface area contributed by atoms with Crippen LogP contribution in [-0.2, 0) is 4.74 Å². The van der Waals surface area contributed by atoms with Crippen LogP contribution in [0.1, 0.15) is 18.9 Å². The predicted molar refractivity (Wildman–Crippen MR) is 93.3 cm³/mol. The SMILES string of the molecule is COc1ccc(-c2ncn([C@@H]3C[C@H]4OCC[C@@H]34)c2-c2ncc[nH]2)cc1. The number of methoxy groups -OCH3 is 1. The van der Waals surface area contributed by atoms with Gasteiger partial charge in [0.05, 0.1) is 25.2 Å². The third-order valence-electron chi connectivity index (χ3n) is 5.47. The molecule has 1 saturated heterocycles. The van der Waals surface area contributed by atoms with Gasteiger partial charge in [0.1, 0.15) is 11.4 Å². The van der Waals surface area contributed by atoms with Crippen molar-refractivity contribution in [1.29, 1.82) is 0 Å². The number of nitrogens with one attached hydrogen (secondary N) is 1. The Kier molecular flexibility index (Phi) is 3.38. The molecule has 3 heterocycles. The molecule has 2 fully saturated rings. The fraction of sp³-hybridized carbons (Fsp3) is 0.368. The first-order valence-corrected chi connectivity index (χ1v) is 8.68. The second-order valence-electron chi connectivity index (χ2n) is 6.68. The van der Waals surface area contributed by atoms with Crippen molar-refractivity contribution < 1.29 is 9.47 Å². The van der Waals surface area contributed by atoms with Gasteiger partial charge >= 0.3 is 0 Å². The van der Waals surface area contributed by atoms with Gasteiger partial charge in [-0.3, -0.25) is 0 Å². The smallest absolute Gasteiger partial charge is 0.156 e. The van der Waals surface area contributed by atoms with E-state index >= 15 is 0 Å². The van der Waals surface area contributed by atoms with Crippen molar-refractivity contribution >= 4 is 0 Å². The summed E-state index contributed by atoms with van der Waals surface area (Å²) in [4.78, 5) is 12.5.